The van der Waals surface area contributed by atoms with Crippen LogP contribution in [0.3, 0.4) is 0 Å². The third kappa shape index (κ3) is 1.55. The molecule has 0 saturated heterocycles. The Bertz CT molecular complexity index is 371. The van der Waals surface area contributed by atoms with Gasteiger partial charge in [0.15, 0.2) is 0 Å². The molecule has 0 aromatic carbocycles. The Balaban J connectivity index is 2.58. The fraction of sp³-hybridized carbons (Fsp3) is 0.700. The Hall–Kier alpha value is -0.970. The number of nitrogens with two attached hydrogens (primary N) is 1. The second-order valence-electron chi connectivity index (χ2n) is 3.85. The Morgan fingerprint density at radius 3 is 2.87 bits per heavy atom. The summed E-state index contributed by atoms with van der Waals surface area (Å²) < 4.78 is 29.0. The van der Waals surface area contributed by atoms with Gasteiger partial charge in [0.2, 0.25) is 0 Å². The molecule has 0 spiro atoms. The van der Waals surface area contributed by atoms with E-state index in [0.29, 0.717) is 30.8 Å². The molecule has 0 unspecified atom stereocenters. The molecule has 0 aliphatic heterocycles. The van der Waals surface area contributed by atoms with Gasteiger partial charge in [-0.1, -0.05) is 0 Å². The van der Waals surface area contributed by atoms with Crippen LogP contribution in [0.1, 0.15) is 36.7 Å². The molecule has 1 aromatic rings. The van der Waals surface area contributed by atoms with E-state index in [0.717, 1.165) is 0 Å². The normalized spacial score (nSPS) is 18.9. The summed E-state index contributed by atoms with van der Waals surface area (Å²) in [6, 6.07) is 0. The van der Waals surface area contributed by atoms with Gasteiger partial charge < -0.3 is 5.73 Å². The van der Waals surface area contributed by atoms with Gasteiger partial charge in [-0.15, -0.1) is 0 Å². The van der Waals surface area contributed by atoms with Gasteiger partial charge in [-0.3, -0.25) is 4.68 Å². The maximum atomic E-state index is 13.7. The molecule has 1 aliphatic carbocycles. The van der Waals surface area contributed by atoms with Gasteiger partial charge in [-0.2, -0.15) is 5.10 Å². The van der Waals surface area contributed by atoms with E-state index in [2.05, 4.69) is 5.10 Å². The topological polar surface area (TPSA) is 43.8 Å². The van der Waals surface area contributed by atoms with Gasteiger partial charge in [0.1, 0.15) is 0 Å². The lowest BCUT2D eigenvalue weighted by atomic mass is 9.92. The van der Waals surface area contributed by atoms with Crippen molar-refractivity contribution in [1.29, 1.82) is 0 Å². The van der Waals surface area contributed by atoms with E-state index >= 15 is 0 Å². The zero-order valence-corrected chi connectivity index (χ0v) is 8.76. The molecular formula is C10H15F2N3. The van der Waals surface area contributed by atoms with Gasteiger partial charge in [0.05, 0.1) is 11.3 Å². The van der Waals surface area contributed by atoms with Gasteiger partial charge in [0, 0.05) is 25.2 Å². The van der Waals surface area contributed by atoms with Crippen LogP contribution in [0.25, 0.3) is 0 Å². The monoisotopic (exact) mass is 215 g/mol. The summed E-state index contributed by atoms with van der Waals surface area (Å²) in [6.45, 7) is 2.61. The summed E-state index contributed by atoms with van der Waals surface area (Å²) in [5, 5.41) is 4.14. The second kappa shape index (κ2) is 3.56. The average Bonchev–Trinajstić information content (AvgIpc) is 2.57. The summed E-state index contributed by atoms with van der Waals surface area (Å²) in [6.07, 6.45) is 1.13. The molecule has 0 bridgehead atoms. The summed E-state index contributed by atoms with van der Waals surface area (Å²) in [5.74, 6) is -2.74. The number of halogens is 2. The fourth-order valence-electron chi connectivity index (χ4n) is 2.24. The molecule has 3 nitrogen and oxygen atoms in total. The Labute approximate surface area is 87.3 Å². The maximum absolute atomic E-state index is 13.7. The van der Waals surface area contributed by atoms with Crippen molar-refractivity contribution in [3.05, 3.63) is 17.0 Å². The van der Waals surface area contributed by atoms with E-state index in [1.807, 2.05) is 6.92 Å². The van der Waals surface area contributed by atoms with Gasteiger partial charge in [-0.25, -0.2) is 8.78 Å². The Kier molecular flexibility index (Phi) is 2.50. The molecule has 1 aliphatic rings. The minimum atomic E-state index is -2.74. The quantitative estimate of drug-likeness (QED) is 0.817. The SMILES string of the molecule is CCn1nc(CN)c2c1CCCC2(F)F. The highest BCUT2D eigenvalue weighted by Crippen LogP contribution is 2.41. The number of aromatic nitrogens is 2. The summed E-state index contributed by atoms with van der Waals surface area (Å²) in [4.78, 5) is 0. The lowest BCUT2D eigenvalue weighted by Crippen LogP contribution is -2.23. The van der Waals surface area contributed by atoms with Crippen molar-refractivity contribution in [3.63, 3.8) is 0 Å². The minimum absolute atomic E-state index is 0.0809. The first-order chi connectivity index (χ1) is 7.10. The van der Waals surface area contributed by atoms with Gasteiger partial charge in [0.25, 0.3) is 5.92 Å². The Morgan fingerprint density at radius 2 is 2.27 bits per heavy atom. The molecular weight excluding hydrogens is 200 g/mol. The third-order valence-corrected chi connectivity index (χ3v) is 2.89. The predicted molar refractivity (Wildman–Crippen MR) is 52.6 cm³/mol. The van der Waals surface area contributed by atoms with Crippen LogP contribution in [0.5, 0.6) is 0 Å². The fourth-order valence-corrected chi connectivity index (χ4v) is 2.24. The van der Waals surface area contributed by atoms with Crippen LogP contribution in [0, 0.1) is 0 Å². The van der Waals surface area contributed by atoms with E-state index < -0.39 is 5.92 Å². The van der Waals surface area contributed by atoms with E-state index in [1.54, 1.807) is 4.68 Å². The maximum Gasteiger partial charge on any atom is 0.276 e. The molecule has 84 valence electrons. The van der Waals surface area contributed by atoms with Crippen LogP contribution in [-0.2, 0) is 25.4 Å². The largest absolute Gasteiger partial charge is 0.325 e. The van der Waals surface area contributed by atoms with Crippen LogP contribution < -0.4 is 5.73 Å². The molecule has 0 atom stereocenters. The van der Waals surface area contributed by atoms with Gasteiger partial charge >= 0.3 is 0 Å². The van der Waals surface area contributed by atoms with Crippen molar-refractivity contribution in [2.75, 3.05) is 0 Å². The highest BCUT2D eigenvalue weighted by molar-refractivity contribution is 5.33. The number of hydrogen-bond acceptors (Lipinski definition) is 2. The van der Waals surface area contributed by atoms with E-state index in [4.69, 9.17) is 5.73 Å². The number of aryl methyl sites for hydroxylation is 1. The van der Waals surface area contributed by atoms with Crippen LogP contribution in [-0.4, -0.2) is 9.78 Å². The number of hydrogen-bond donors (Lipinski definition) is 1. The summed E-state index contributed by atoms with van der Waals surface area (Å²) in [7, 11) is 0. The lowest BCUT2D eigenvalue weighted by Gasteiger charge is -2.23. The van der Waals surface area contributed by atoms with Crippen molar-refractivity contribution >= 4 is 0 Å². The second-order valence-corrected chi connectivity index (χ2v) is 3.85. The van der Waals surface area contributed by atoms with Crippen LogP contribution in [0.2, 0.25) is 0 Å². The van der Waals surface area contributed by atoms with Gasteiger partial charge in [-0.05, 0) is 19.8 Å². The first kappa shape index (κ1) is 10.5. The molecule has 0 radical (unpaired) electrons. The first-order valence-corrected chi connectivity index (χ1v) is 5.27. The lowest BCUT2D eigenvalue weighted by molar-refractivity contribution is -0.0229. The third-order valence-electron chi connectivity index (χ3n) is 2.89. The highest BCUT2D eigenvalue weighted by atomic mass is 19.3. The number of nitrogens with zero attached hydrogens (tertiary/aromatic N) is 2. The molecule has 15 heavy (non-hydrogen) atoms. The van der Waals surface area contributed by atoms with Crippen LogP contribution in [0.15, 0.2) is 0 Å². The van der Waals surface area contributed by atoms with Crippen LogP contribution in [0.4, 0.5) is 8.78 Å². The van der Waals surface area contributed by atoms with E-state index in [-0.39, 0.29) is 18.5 Å². The number of rotatable bonds is 2. The van der Waals surface area contributed by atoms with E-state index in [1.165, 1.54) is 0 Å². The Morgan fingerprint density at radius 1 is 1.53 bits per heavy atom. The molecule has 0 fully saturated rings. The first-order valence-electron chi connectivity index (χ1n) is 5.27. The van der Waals surface area contributed by atoms with Crippen molar-refractivity contribution < 1.29 is 8.78 Å². The molecule has 2 N–H and O–H groups in total. The molecule has 1 heterocycles. The number of alkyl halides is 2. The zero-order valence-electron chi connectivity index (χ0n) is 8.76. The van der Waals surface area contributed by atoms with Crippen molar-refractivity contribution in [3.8, 4) is 0 Å². The summed E-state index contributed by atoms with van der Waals surface area (Å²) >= 11 is 0. The predicted octanol–water partition coefficient (Wildman–Crippen LogP) is 1.79. The van der Waals surface area contributed by atoms with Crippen molar-refractivity contribution in [2.45, 2.75) is 45.2 Å². The molecule has 5 heteroatoms. The van der Waals surface area contributed by atoms with Crippen LogP contribution >= 0.6 is 0 Å². The minimum Gasteiger partial charge on any atom is -0.325 e. The highest BCUT2D eigenvalue weighted by Gasteiger charge is 2.41. The smallest absolute Gasteiger partial charge is 0.276 e. The average molecular weight is 215 g/mol. The molecule has 0 amide bonds. The van der Waals surface area contributed by atoms with Crippen molar-refractivity contribution in [2.24, 2.45) is 5.73 Å². The van der Waals surface area contributed by atoms with E-state index in [9.17, 15) is 8.78 Å². The molecule has 0 saturated carbocycles. The standard InChI is InChI=1S/C10H15F2N3/c1-2-15-8-4-3-5-10(11,12)9(8)7(6-13)14-15/h2-6,13H2,1H3. The zero-order chi connectivity index (χ0) is 11.1. The number of fused-ring (bicyclic) bond motifs is 1. The molecule has 1 aromatic heterocycles. The summed E-state index contributed by atoms with van der Waals surface area (Å²) in [5.41, 5.74) is 6.58. The van der Waals surface area contributed by atoms with Crippen molar-refractivity contribution in [1.82, 2.24) is 9.78 Å². The molecule has 2 rings (SSSR count).